The van der Waals surface area contributed by atoms with E-state index in [9.17, 15) is 4.79 Å². The van der Waals surface area contributed by atoms with Gasteiger partial charge in [-0.3, -0.25) is 10.2 Å². The predicted molar refractivity (Wildman–Crippen MR) is 64.8 cm³/mol. The lowest BCUT2D eigenvalue weighted by atomic mass is 9.93. The van der Waals surface area contributed by atoms with E-state index in [4.69, 9.17) is 5.84 Å². The van der Waals surface area contributed by atoms with Crippen LogP contribution < -0.4 is 16.6 Å². The lowest BCUT2D eigenvalue weighted by molar-refractivity contribution is -0.122. The molecule has 1 amide bonds. The molecule has 0 aromatic heterocycles. The highest BCUT2D eigenvalue weighted by Gasteiger charge is 2.16. The molecule has 0 aliphatic carbocycles. The third-order valence-electron chi connectivity index (χ3n) is 2.70. The molecule has 0 fully saturated rings. The van der Waals surface area contributed by atoms with Crippen molar-refractivity contribution >= 4 is 5.91 Å². The second-order valence-corrected chi connectivity index (χ2v) is 3.78. The summed E-state index contributed by atoms with van der Waals surface area (Å²) in [6.07, 6.45) is 0.912. The summed E-state index contributed by atoms with van der Waals surface area (Å²) in [5, 5.41) is 3.10. The number of carbonyl (C=O) groups excluding carboxylic acids is 1. The maximum absolute atomic E-state index is 11.5. The monoisotopic (exact) mass is 221 g/mol. The van der Waals surface area contributed by atoms with Gasteiger partial charge in [0.05, 0.1) is 5.92 Å². The minimum atomic E-state index is -0.210. The summed E-state index contributed by atoms with van der Waals surface area (Å²) < 4.78 is 0. The molecule has 4 nitrogen and oxygen atoms in total. The molecule has 16 heavy (non-hydrogen) atoms. The van der Waals surface area contributed by atoms with Gasteiger partial charge in [0.25, 0.3) is 0 Å². The number of likely N-dealkylation sites (N-methyl/N-ethyl adjacent to an activating group) is 1. The number of benzene rings is 1. The molecule has 1 rings (SSSR count). The van der Waals surface area contributed by atoms with Gasteiger partial charge >= 0.3 is 0 Å². The minimum Gasteiger partial charge on any atom is -0.319 e. The first kappa shape index (κ1) is 12.7. The first-order valence-corrected chi connectivity index (χ1v) is 5.43. The maximum Gasteiger partial charge on any atom is 0.241 e. The van der Waals surface area contributed by atoms with Crippen LogP contribution in [-0.2, 0) is 11.2 Å². The average molecular weight is 221 g/mol. The van der Waals surface area contributed by atoms with E-state index in [2.05, 4.69) is 10.7 Å². The van der Waals surface area contributed by atoms with Gasteiger partial charge in [-0.15, -0.1) is 0 Å². The van der Waals surface area contributed by atoms with Crippen LogP contribution in [0.15, 0.2) is 24.3 Å². The van der Waals surface area contributed by atoms with E-state index in [0.29, 0.717) is 0 Å². The van der Waals surface area contributed by atoms with E-state index in [1.807, 2.05) is 38.2 Å². The molecule has 0 radical (unpaired) electrons. The van der Waals surface area contributed by atoms with Gasteiger partial charge in [-0.1, -0.05) is 24.3 Å². The summed E-state index contributed by atoms with van der Waals surface area (Å²) in [6, 6.07) is 7.96. The molecule has 0 saturated carbocycles. The maximum atomic E-state index is 11.5. The van der Waals surface area contributed by atoms with E-state index in [0.717, 1.165) is 18.5 Å². The quantitative estimate of drug-likeness (QED) is 0.386. The summed E-state index contributed by atoms with van der Waals surface area (Å²) in [5.74, 6) is 4.78. The van der Waals surface area contributed by atoms with Gasteiger partial charge in [0, 0.05) is 0 Å². The Morgan fingerprint density at radius 1 is 1.44 bits per heavy atom. The van der Waals surface area contributed by atoms with E-state index in [1.165, 1.54) is 5.56 Å². The van der Waals surface area contributed by atoms with E-state index < -0.39 is 0 Å². The second kappa shape index (κ2) is 6.25. The van der Waals surface area contributed by atoms with Gasteiger partial charge < -0.3 is 5.32 Å². The lowest BCUT2D eigenvalue weighted by Gasteiger charge is -2.14. The Morgan fingerprint density at radius 2 is 2.12 bits per heavy atom. The predicted octanol–water partition coefficient (Wildman–Crippen LogP) is 0.542. The van der Waals surface area contributed by atoms with Crippen molar-refractivity contribution in [1.29, 1.82) is 0 Å². The standard InChI is InChI=1S/C12H19N3O/c1-9(12(16)15-13)11-6-4-3-5-10(11)7-8-14-2/h3-6,9,14H,7-8,13H2,1-2H3,(H,15,16). The lowest BCUT2D eigenvalue weighted by Crippen LogP contribution is -2.34. The van der Waals surface area contributed by atoms with Gasteiger partial charge in [0.1, 0.15) is 0 Å². The first-order valence-electron chi connectivity index (χ1n) is 5.43. The largest absolute Gasteiger partial charge is 0.319 e. The van der Waals surface area contributed by atoms with Crippen molar-refractivity contribution in [3.63, 3.8) is 0 Å². The fourth-order valence-corrected chi connectivity index (χ4v) is 1.71. The molecular formula is C12H19N3O. The number of nitrogens with two attached hydrogens (primary N) is 1. The van der Waals surface area contributed by atoms with Crippen LogP contribution in [-0.4, -0.2) is 19.5 Å². The Bertz CT molecular complexity index is 352. The molecule has 0 heterocycles. The molecule has 0 spiro atoms. The first-order chi connectivity index (χ1) is 7.70. The average Bonchev–Trinajstić information content (AvgIpc) is 2.34. The fourth-order valence-electron chi connectivity index (χ4n) is 1.71. The zero-order valence-electron chi connectivity index (χ0n) is 9.79. The fraction of sp³-hybridized carbons (Fsp3) is 0.417. The Hall–Kier alpha value is -1.39. The molecule has 0 saturated heterocycles. The molecule has 1 aromatic rings. The summed E-state index contributed by atoms with van der Waals surface area (Å²) in [6.45, 7) is 2.76. The summed E-state index contributed by atoms with van der Waals surface area (Å²) in [5.41, 5.74) is 4.42. The van der Waals surface area contributed by atoms with Crippen LogP contribution in [0.2, 0.25) is 0 Å². The molecule has 0 aliphatic rings. The molecule has 1 aromatic carbocycles. The van der Waals surface area contributed by atoms with Crippen LogP contribution in [0, 0.1) is 0 Å². The van der Waals surface area contributed by atoms with Crippen LogP contribution in [0.5, 0.6) is 0 Å². The zero-order chi connectivity index (χ0) is 12.0. The highest BCUT2D eigenvalue weighted by atomic mass is 16.2. The van der Waals surface area contributed by atoms with Crippen molar-refractivity contribution in [3.05, 3.63) is 35.4 Å². The van der Waals surface area contributed by atoms with Crippen LogP contribution in [0.4, 0.5) is 0 Å². The molecular weight excluding hydrogens is 202 g/mol. The number of hydrogen-bond acceptors (Lipinski definition) is 3. The summed E-state index contributed by atoms with van der Waals surface area (Å²) in [7, 11) is 1.92. The van der Waals surface area contributed by atoms with Crippen molar-refractivity contribution in [2.24, 2.45) is 5.84 Å². The van der Waals surface area contributed by atoms with Crippen LogP contribution in [0.1, 0.15) is 24.0 Å². The van der Waals surface area contributed by atoms with Crippen LogP contribution in [0.25, 0.3) is 0 Å². The SMILES string of the molecule is CNCCc1ccccc1C(C)C(=O)NN. The molecule has 4 N–H and O–H groups in total. The van der Waals surface area contributed by atoms with Gasteiger partial charge in [-0.05, 0) is 38.1 Å². The number of rotatable bonds is 5. The summed E-state index contributed by atoms with van der Waals surface area (Å²) in [4.78, 5) is 11.5. The number of hydrogen-bond donors (Lipinski definition) is 3. The number of carbonyl (C=O) groups is 1. The normalized spacial score (nSPS) is 12.2. The topological polar surface area (TPSA) is 67.2 Å². The van der Waals surface area contributed by atoms with E-state index in [1.54, 1.807) is 0 Å². The molecule has 1 atom stereocenters. The third-order valence-corrected chi connectivity index (χ3v) is 2.70. The minimum absolute atomic E-state index is 0.156. The van der Waals surface area contributed by atoms with Crippen molar-refractivity contribution in [2.45, 2.75) is 19.3 Å². The molecule has 4 heteroatoms. The molecule has 1 unspecified atom stereocenters. The smallest absolute Gasteiger partial charge is 0.241 e. The van der Waals surface area contributed by atoms with Gasteiger partial charge in [-0.25, -0.2) is 5.84 Å². The second-order valence-electron chi connectivity index (χ2n) is 3.78. The molecule has 0 aliphatic heterocycles. The van der Waals surface area contributed by atoms with Gasteiger partial charge in [-0.2, -0.15) is 0 Å². The van der Waals surface area contributed by atoms with Gasteiger partial charge in [0.2, 0.25) is 5.91 Å². The highest BCUT2D eigenvalue weighted by Crippen LogP contribution is 2.20. The van der Waals surface area contributed by atoms with Crippen molar-refractivity contribution in [2.75, 3.05) is 13.6 Å². The number of amides is 1. The Morgan fingerprint density at radius 3 is 2.75 bits per heavy atom. The Labute approximate surface area is 96.2 Å². The molecule has 88 valence electrons. The third kappa shape index (κ3) is 3.05. The zero-order valence-corrected chi connectivity index (χ0v) is 9.79. The number of hydrazine groups is 1. The molecule has 0 bridgehead atoms. The van der Waals surface area contributed by atoms with E-state index in [-0.39, 0.29) is 11.8 Å². The summed E-state index contributed by atoms with van der Waals surface area (Å²) >= 11 is 0. The highest BCUT2D eigenvalue weighted by molar-refractivity contribution is 5.83. The van der Waals surface area contributed by atoms with Crippen molar-refractivity contribution in [1.82, 2.24) is 10.7 Å². The van der Waals surface area contributed by atoms with Crippen LogP contribution >= 0.6 is 0 Å². The van der Waals surface area contributed by atoms with Crippen molar-refractivity contribution < 1.29 is 4.79 Å². The van der Waals surface area contributed by atoms with E-state index >= 15 is 0 Å². The van der Waals surface area contributed by atoms with Crippen molar-refractivity contribution in [3.8, 4) is 0 Å². The Balaban J connectivity index is 2.89. The van der Waals surface area contributed by atoms with Crippen LogP contribution in [0.3, 0.4) is 0 Å². The van der Waals surface area contributed by atoms with Gasteiger partial charge in [0.15, 0.2) is 0 Å². The Kier molecular flexibility index (Phi) is 4.95. The number of nitrogens with one attached hydrogen (secondary N) is 2.